The molecule has 3 atom stereocenters. The van der Waals surface area contributed by atoms with Gasteiger partial charge in [0.05, 0.1) is 10.6 Å². The molecule has 1 aromatic rings. The van der Waals surface area contributed by atoms with Crippen LogP contribution in [-0.2, 0) is 9.84 Å². The minimum Gasteiger partial charge on any atom is -0.224 e. The van der Waals surface area contributed by atoms with E-state index in [9.17, 15) is 8.42 Å². The van der Waals surface area contributed by atoms with Gasteiger partial charge in [0.1, 0.15) is 0 Å². The highest BCUT2D eigenvalue weighted by Gasteiger charge is 2.38. The van der Waals surface area contributed by atoms with Crippen LogP contribution in [0.2, 0.25) is 0 Å². The van der Waals surface area contributed by atoms with Gasteiger partial charge in [-0.05, 0) is 54.9 Å². The Bertz CT molecular complexity index is 574. The van der Waals surface area contributed by atoms with Crippen molar-refractivity contribution in [2.24, 2.45) is 17.8 Å². The molecule has 0 spiro atoms. The highest BCUT2D eigenvalue weighted by Crippen LogP contribution is 2.44. The van der Waals surface area contributed by atoms with E-state index in [0.717, 1.165) is 17.3 Å². The standard InChI is InChI=1S/C14H15BrO2S/c15-13-3-5-14(6-4-13)18(16,17)9-12-8-10-1-2-11(12)7-10/h1-6,10-12H,7-9H2/t10-,11+,12-/m1/s1. The summed E-state index contributed by atoms with van der Waals surface area (Å²) in [6.07, 6.45) is 6.64. The summed E-state index contributed by atoms with van der Waals surface area (Å²) in [5.41, 5.74) is 0. The van der Waals surface area contributed by atoms with Crippen LogP contribution in [0.4, 0.5) is 0 Å². The third-order valence-electron chi connectivity index (χ3n) is 4.02. The molecule has 2 bridgehead atoms. The van der Waals surface area contributed by atoms with Crippen molar-refractivity contribution in [3.63, 3.8) is 0 Å². The van der Waals surface area contributed by atoms with E-state index in [1.807, 2.05) is 0 Å². The average Bonchev–Trinajstić information content (AvgIpc) is 2.91. The number of allylic oxidation sites excluding steroid dienone is 2. The Morgan fingerprint density at radius 3 is 2.39 bits per heavy atom. The molecule has 1 aromatic carbocycles. The fourth-order valence-corrected chi connectivity index (χ4v) is 5.06. The second kappa shape index (κ2) is 4.49. The molecule has 0 saturated heterocycles. The summed E-state index contributed by atoms with van der Waals surface area (Å²) in [7, 11) is -3.14. The van der Waals surface area contributed by atoms with Gasteiger partial charge in [0, 0.05) is 4.47 Å². The SMILES string of the molecule is O=S(=O)(C[C@H]1C[C@@H]2C=C[C@H]1C2)c1ccc(Br)cc1. The van der Waals surface area contributed by atoms with Crippen LogP contribution in [0.3, 0.4) is 0 Å². The zero-order valence-corrected chi connectivity index (χ0v) is 12.3. The zero-order valence-electron chi connectivity index (χ0n) is 9.92. The first-order chi connectivity index (χ1) is 8.54. The van der Waals surface area contributed by atoms with Gasteiger partial charge in [-0.25, -0.2) is 8.42 Å². The fourth-order valence-electron chi connectivity index (χ4n) is 3.11. The van der Waals surface area contributed by atoms with Gasteiger partial charge in [-0.2, -0.15) is 0 Å². The van der Waals surface area contributed by atoms with E-state index in [4.69, 9.17) is 0 Å². The Morgan fingerprint density at radius 2 is 1.83 bits per heavy atom. The molecule has 0 unspecified atom stereocenters. The van der Waals surface area contributed by atoms with Crippen LogP contribution in [0, 0.1) is 17.8 Å². The predicted octanol–water partition coefficient (Wildman–Crippen LogP) is 3.44. The Balaban J connectivity index is 1.79. The molecule has 0 amide bonds. The molecule has 0 radical (unpaired) electrons. The molecule has 18 heavy (non-hydrogen) atoms. The van der Waals surface area contributed by atoms with E-state index in [0.29, 0.717) is 28.4 Å². The third-order valence-corrected chi connectivity index (χ3v) is 6.41. The highest BCUT2D eigenvalue weighted by molar-refractivity contribution is 9.10. The third kappa shape index (κ3) is 2.28. The molecule has 96 valence electrons. The number of hydrogen-bond donors (Lipinski definition) is 0. The van der Waals surface area contributed by atoms with E-state index >= 15 is 0 Å². The van der Waals surface area contributed by atoms with Crippen LogP contribution in [0.25, 0.3) is 0 Å². The fraction of sp³-hybridized carbons (Fsp3) is 0.429. The molecule has 1 saturated carbocycles. The first-order valence-corrected chi connectivity index (χ1v) is 8.66. The van der Waals surface area contributed by atoms with E-state index in [2.05, 4.69) is 28.1 Å². The molecule has 2 aliphatic rings. The van der Waals surface area contributed by atoms with Crippen molar-refractivity contribution in [2.75, 3.05) is 5.75 Å². The van der Waals surface area contributed by atoms with Gasteiger partial charge in [0.2, 0.25) is 0 Å². The highest BCUT2D eigenvalue weighted by atomic mass is 79.9. The second-order valence-corrected chi connectivity index (χ2v) is 8.23. The van der Waals surface area contributed by atoms with Crippen molar-refractivity contribution < 1.29 is 8.42 Å². The lowest BCUT2D eigenvalue weighted by molar-refractivity contribution is 0.484. The van der Waals surface area contributed by atoms with Crippen molar-refractivity contribution in [2.45, 2.75) is 17.7 Å². The van der Waals surface area contributed by atoms with Crippen molar-refractivity contribution in [3.05, 3.63) is 40.9 Å². The summed E-state index contributed by atoms with van der Waals surface area (Å²) in [5.74, 6) is 1.72. The molecule has 1 fully saturated rings. The van der Waals surface area contributed by atoms with Crippen molar-refractivity contribution in [1.82, 2.24) is 0 Å². The monoisotopic (exact) mass is 326 g/mol. The number of rotatable bonds is 3. The number of benzene rings is 1. The first-order valence-electron chi connectivity index (χ1n) is 6.21. The molecule has 4 heteroatoms. The van der Waals surface area contributed by atoms with Gasteiger partial charge in [-0.1, -0.05) is 28.1 Å². The zero-order chi connectivity index (χ0) is 12.8. The van der Waals surface area contributed by atoms with Gasteiger partial charge in [0.25, 0.3) is 0 Å². The summed E-state index contributed by atoms with van der Waals surface area (Å²) in [6, 6.07) is 6.94. The van der Waals surface area contributed by atoms with Crippen LogP contribution >= 0.6 is 15.9 Å². The summed E-state index contributed by atoms with van der Waals surface area (Å²) in [6.45, 7) is 0. The number of fused-ring (bicyclic) bond motifs is 2. The molecule has 0 heterocycles. The van der Waals surface area contributed by atoms with Crippen LogP contribution in [0.5, 0.6) is 0 Å². The topological polar surface area (TPSA) is 34.1 Å². The average molecular weight is 327 g/mol. The minimum absolute atomic E-state index is 0.292. The number of hydrogen-bond acceptors (Lipinski definition) is 2. The molecule has 0 aliphatic heterocycles. The summed E-state index contributed by atoms with van der Waals surface area (Å²) >= 11 is 3.32. The van der Waals surface area contributed by atoms with Crippen LogP contribution in [0.15, 0.2) is 45.8 Å². The summed E-state index contributed by atoms with van der Waals surface area (Å²) < 4.78 is 25.6. The lowest BCUT2D eigenvalue weighted by Crippen LogP contribution is -2.19. The smallest absolute Gasteiger partial charge is 0.178 e. The maximum Gasteiger partial charge on any atom is 0.178 e. The van der Waals surface area contributed by atoms with Crippen LogP contribution < -0.4 is 0 Å². The number of sulfone groups is 1. The maximum absolute atomic E-state index is 12.3. The Hall–Kier alpha value is -0.610. The van der Waals surface area contributed by atoms with E-state index in [-0.39, 0.29) is 0 Å². The van der Waals surface area contributed by atoms with E-state index in [1.165, 1.54) is 0 Å². The van der Waals surface area contributed by atoms with Crippen molar-refractivity contribution in [1.29, 1.82) is 0 Å². The molecule has 3 rings (SSSR count). The summed E-state index contributed by atoms with van der Waals surface area (Å²) in [5, 5.41) is 0. The van der Waals surface area contributed by atoms with Gasteiger partial charge in [0.15, 0.2) is 9.84 Å². The van der Waals surface area contributed by atoms with Gasteiger partial charge >= 0.3 is 0 Å². The maximum atomic E-state index is 12.3. The quantitative estimate of drug-likeness (QED) is 0.797. The normalized spacial score (nSPS) is 29.9. The van der Waals surface area contributed by atoms with Crippen molar-refractivity contribution >= 4 is 25.8 Å². The lowest BCUT2D eigenvalue weighted by Gasteiger charge is -2.17. The van der Waals surface area contributed by atoms with E-state index in [1.54, 1.807) is 24.3 Å². The first kappa shape index (κ1) is 12.4. The molecule has 0 N–H and O–H groups in total. The van der Waals surface area contributed by atoms with Gasteiger partial charge < -0.3 is 0 Å². The molecule has 0 aromatic heterocycles. The van der Waals surface area contributed by atoms with Crippen LogP contribution in [0.1, 0.15) is 12.8 Å². The van der Waals surface area contributed by atoms with Crippen LogP contribution in [-0.4, -0.2) is 14.2 Å². The predicted molar refractivity (Wildman–Crippen MR) is 75.0 cm³/mol. The Morgan fingerprint density at radius 1 is 1.11 bits per heavy atom. The molecular weight excluding hydrogens is 312 g/mol. The van der Waals surface area contributed by atoms with Crippen molar-refractivity contribution in [3.8, 4) is 0 Å². The second-order valence-electron chi connectivity index (χ2n) is 5.28. The largest absolute Gasteiger partial charge is 0.224 e. The molecular formula is C14H15BrO2S. The molecule has 2 aliphatic carbocycles. The van der Waals surface area contributed by atoms with E-state index < -0.39 is 9.84 Å². The molecule has 2 nitrogen and oxygen atoms in total. The van der Waals surface area contributed by atoms with Gasteiger partial charge in [-0.3, -0.25) is 0 Å². The van der Waals surface area contributed by atoms with Gasteiger partial charge in [-0.15, -0.1) is 0 Å². The Labute approximate surface area is 116 Å². The lowest BCUT2D eigenvalue weighted by atomic mass is 9.96. The summed E-state index contributed by atoms with van der Waals surface area (Å²) in [4.78, 5) is 0.442. The minimum atomic E-state index is -3.14. The number of halogens is 1. The Kier molecular flexibility index (Phi) is 3.10.